The number of carbonyl (C=O) groups excluding carboxylic acids is 1. The van der Waals surface area contributed by atoms with E-state index in [-0.39, 0.29) is 11.4 Å². The van der Waals surface area contributed by atoms with Crippen LogP contribution in [0, 0.1) is 5.92 Å². The zero-order valence-corrected chi connectivity index (χ0v) is 11.8. The van der Waals surface area contributed by atoms with Gasteiger partial charge in [-0.05, 0) is 38.1 Å². The molecule has 0 radical (unpaired) electrons. The average Bonchev–Trinajstić information content (AvgIpc) is 2.90. The molecule has 2 aliphatic rings. The van der Waals surface area contributed by atoms with Crippen LogP contribution in [0.25, 0.3) is 0 Å². The van der Waals surface area contributed by atoms with Crippen LogP contribution in [0.4, 0.5) is 0 Å². The summed E-state index contributed by atoms with van der Waals surface area (Å²) in [7, 11) is 0. The molecule has 2 fully saturated rings. The number of nitrogens with one attached hydrogen (secondary N) is 2. The van der Waals surface area contributed by atoms with E-state index in [2.05, 4.69) is 17.6 Å². The molecule has 3 nitrogen and oxygen atoms in total. The maximum atomic E-state index is 12.3. The molecule has 0 spiro atoms. The van der Waals surface area contributed by atoms with Crippen LogP contribution in [-0.4, -0.2) is 24.5 Å². The molecule has 1 atom stereocenters. The predicted molar refractivity (Wildman–Crippen MR) is 74.5 cm³/mol. The highest BCUT2D eigenvalue weighted by Crippen LogP contribution is 2.26. The van der Waals surface area contributed by atoms with Gasteiger partial charge < -0.3 is 10.6 Å². The molecule has 104 valence electrons. The Morgan fingerprint density at radius 2 is 2.06 bits per heavy atom. The Morgan fingerprint density at radius 3 is 2.67 bits per heavy atom. The molecule has 0 aromatic rings. The van der Waals surface area contributed by atoms with Gasteiger partial charge in [0.15, 0.2) is 0 Å². The van der Waals surface area contributed by atoms with Crippen LogP contribution in [0.5, 0.6) is 0 Å². The first-order valence-corrected chi connectivity index (χ1v) is 7.80. The zero-order valence-electron chi connectivity index (χ0n) is 11.8. The zero-order chi connectivity index (χ0) is 12.8. The number of rotatable bonds is 5. The SMILES string of the molecule is CCC1(C(=O)NCCC2CCCCC2)CCCN1. The topological polar surface area (TPSA) is 41.1 Å². The van der Waals surface area contributed by atoms with Crippen molar-refractivity contribution in [2.24, 2.45) is 5.92 Å². The third-order valence-electron chi connectivity index (χ3n) is 4.84. The van der Waals surface area contributed by atoms with Gasteiger partial charge in [-0.15, -0.1) is 0 Å². The van der Waals surface area contributed by atoms with Gasteiger partial charge in [-0.1, -0.05) is 39.0 Å². The molecule has 18 heavy (non-hydrogen) atoms. The molecule has 1 aliphatic carbocycles. The van der Waals surface area contributed by atoms with E-state index < -0.39 is 0 Å². The number of amides is 1. The molecule has 1 unspecified atom stereocenters. The molecule has 2 N–H and O–H groups in total. The van der Waals surface area contributed by atoms with Gasteiger partial charge in [0.25, 0.3) is 0 Å². The minimum absolute atomic E-state index is 0.235. The van der Waals surface area contributed by atoms with Crippen molar-refractivity contribution in [1.82, 2.24) is 10.6 Å². The van der Waals surface area contributed by atoms with Crippen LogP contribution < -0.4 is 10.6 Å². The molecule has 2 rings (SSSR count). The Balaban J connectivity index is 1.70. The first-order chi connectivity index (χ1) is 8.77. The lowest BCUT2D eigenvalue weighted by molar-refractivity contribution is -0.127. The van der Waals surface area contributed by atoms with E-state index in [9.17, 15) is 4.79 Å². The van der Waals surface area contributed by atoms with E-state index in [4.69, 9.17) is 0 Å². The maximum Gasteiger partial charge on any atom is 0.240 e. The molecular weight excluding hydrogens is 224 g/mol. The van der Waals surface area contributed by atoms with Crippen LogP contribution in [0.3, 0.4) is 0 Å². The fourth-order valence-corrected chi connectivity index (χ4v) is 3.50. The van der Waals surface area contributed by atoms with Gasteiger partial charge in [0.1, 0.15) is 0 Å². The van der Waals surface area contributed by atoms with Gasteiger partial charge in [-0.25, -0.2) is 0 Å². The third-order valence-corrected chi connectivity index (χ3v) is 4.84. The van der Waals surface area contributed by atoms with E-state index in [1.54, 1.807) is 0 Å². The third kappa shape index (κ3) is 3.25. The van der Waals surface area contributed by atoms with E-state index in [0.29, 0.717) is 0 Å². The molecular formula is C15H28N2O. The molecule has 1 amide bonds. The summed E-state index contributed by atoms with van der Waals surface area (Å²) in [4.78, 5) is 12.3. The van der Waals surface area contributed by atoms with E-state index >= 15 is 0 Å². The van der Waals surface area contributed by atoms with Gasteiger partial charge >= 0.3 is 0 Å². The van der Waals surface area contributed by atoms with E-state index in [0.717, 1.165) is 38.3 Å². The highest BCUT2D eigenvalue weighted by atomic mass is 16.2. The first-order valence-electron chi connectivity index (χ1n) is 7.80. The summed E-state index contributed by atoms with van der Waals surface area (Å²) in [5.41, 5.74) is -0.257. The van der Waals surface area contributed by atoms with Crippen LogP contribution in [0.2, 0.25) is 0 Å². The summed E-state index contributed by atoms with van der Waals surface area (Å²) < 4.78 is 0. The Kier molecular flexibility index (Phi) is 5.04. The number of carbonyl (C=O) groups is 1. The van der Waals surface area contributed by atoms with Crippen LogP contribution in [-0.2, 0) is 4.79 Å². The second kappa shape index (κ2) is 6.55. The molecule has 1 aliphatic heterocycles. The number of hydrogen-bond acceptors (Lipinski definition) is 2. The second-order valence-electron chi connectivity index (χ2n) is 6.01. The van der Waals surface area contributed by atoms with Gasteiger partial charge in [0.2, 0.25) is 5.91 Å². The Bertz CT molecular complexity index is 266. The lowest BCUT2D eigenvalue weighted by Gasteiger charge is -2.27. The van der Waals surface area contributed by atoms with Gasteiger partial charge in [-0.2, -0.15) is 0 Å². The first kappa shape index (κ1) is 13.9. The van der Waals surface area contributed by atoms with Crippen molar-refractivity contribution in [3.8, 4) is 0 Å². The van der Waals surface area contributed by atoms with E-state index in [1.807, 2.05) is 0 Å². The van der Waals surface area contributed by atoms with Gasteiger partial charge in [0, 0.05) is 6.54 Å². The summed E-state index contributed by atoms with van der Waals surface area (Å²) in [6.07, 6.45) is 11.1. The quantitative estimate of drug-likeness (QED) is 0.789. The van der Waals surface area contributed by atoms with Gasteiger partial charge in [-0.3, -0.25) is 4.79 Å². The van der Waals surface area contributed by atoms with E-state index in [1.165, 1.54) is 38.5 Å². The average molecular weight is 252 g/mol. The Hall–Kier alpha value is -0.570. The van der Waals surface area contributed by atoms with Crippen LogP contribution in [0.1, 0.15) is 64.7 Å². The summed E-state index contributed by atoms with van der Waals surface area (Å²) in [5.74, 6) is 1.09. The summed E-state index contributed by atoms with van der Waals surface area (Å²) in [5, 5.41) is 6.56. The van der Waals surface area contributed by atoms with Crippen molar-refractivity contribution in [3.63, 3.8) is 0 Å². The predicted octanol–water partition coefficient (Wildman–Crippen LogP) is 2.61. The fraction of sp³-hybridized carbons (Fsp3) is 0.933. The van der Waals surface area contributed by atoms with Crippen LogP contribution >= 0.6 is 0 Å². The maximum absolute atomic E-state index is 12.3. The highest BCUT2D eigenvalue weighted by molar-refractivity contribution is 5.86. The number of hydrogen-bond donors (Lipinski definition) is 2. The second-order valence-corrected chi connectivity index (χ2v) is 6.01. The molecule has 1 saturated heterocycles. The minimum atomic E-state index is -0.257. The summed E-state index contributed by atoms with van der Waals surface area (Å²) in [6.45, 7) is 3.97. The van der Waals surface area contributed by atoms with Crippen molar-refractivity contribution in [2.45, 2.75) is 70.3 Å². The van der Waals surface area contributed by atoms with Crippen molar-refractivity contribution >= 4 is 5.91 Å². The lowest BCUT2D eigenvalue weighted by Crippen LogP contribution is -2.53. The standard InChI is InChI=1S/C15H28N2O/c1-2-15(10-6-11-17-15)14(18)16-12-9-13-7-4-3-5-8-13/h13,17H,2-12H2,1H3,(H,16,18). The molecule has 0 aromatic carbocycles. The largest absolute Gasteiger partial charge is 0.354 e. The van der Waals surface area contributed by atoms with Crippen molar-refractivity contribution in [3.05, 3.63) is 0 Å². The normalized spacial score (nSPS) is 29.4. The molecule has 1 heterocycles. The van der Waals surface area contributed by atoms with Crippen molar-refractivity contribution in [2.75, 3.05) is 13.1 Å². The molecule has 3 heteroatoms. The van der Waals surface area contributed by atoms with Crippen LogP contribution in [0.15, 0.2) is 0 Å². The monoisotopic (exact) mass is 252 g/mol. The lowest BCUT2D eigenvalue weighted by atomic mass is 9.87. The van der Waals surface area contributed by atoms with Crippen molar-refractivity contribution in [1.29, 1.82) is 0 Å². The van der Waals surface area contributed by atoms with Crippen molar-refractivity contribution < 1.29 is 4.79 Å². The molecule has 1 saturated carbocycles. The smallest absolute Gasteiger partial charge is 0.240 e. The molecule has 0 bridgehead atoms. The Morgan fingerprint density at radius 1 is 1.28 bits per heavy atom. The highest BCUT2D eigenvalue weighted by Gasteiger charge is 2.38. The Labute approximate surface area is 111 Å². The summed E-state index contributed by atoms with van der Waals surface area (Å²) in [6, 6.07) is 0. The fourth-order valence-electron chi connectivity index (χ4n) is 3.50. The minimum Gasteiger partial charge on any atom is -0.354 e. The summed E-state index contributed by atoms with van der Waals surface area (Å²) >= 11 is 0. The molecule has 0 aromatic heterocycles. The van der Waals surface area contributed by atoms with Gasteiger partial charge in [0.05, 0.1) is 5.54 Å².